The summed E-state index contributed by atoms with van der Waals surface area (Å²) < 4.78 is 43.4. The molecule has 2 heterocycles. The first kappa shape index (κ1) is 26.5. The largest absolute Gasteiger partial charge is 0.433 e. The molecule has 0 amide bonds. The first-order valence-electron chi connectivity index (χ1n) is 12.4. The molecule has 1 aliphatic heterocycles. The quantitative estimate of drug-likeness (QED) is 0.324. The van der Waals surface area contributed by atoms with Gasteiger partial charge < -0.3 is 4.90 Å². The molecule has 3 aromatic rings. The molecule has 1 atom stereocenters. The van der Waals surface area contributed by atoms with Crippen molar-refractivity contribution in [1.29, 1.82) is 0 Å². The summed E-state index contributed by atoms with van der Waals surface area (Å²) in [5, 5.41) is 4.13. The molecule has 0 unspecified atom stereocenters. The molecule has 194 valence electrons. The minimum atomic E-state index is -4.61. The van der Waals surface area contributed by atoms with Crippen LogP contribution in [0.4, 0.5) is 13.2 Å². The average molecular weight is 507 g/mol. The maximum absolute atomic E-state index is 14.1. The molecule has 7 heteroatoms. The Morgan fingerprint density at radius 1 is 0.946 bits per heavy atom. The van der Waals surface area contributed by atoms with E-state index in [0.29, 0.717) is 28.6 Å². The fourth-order valence-corrected chi connectivity index (χ4v) is 4.71. The van der Waals surface area contributed by atoms with E-state index in [4.69, 9.17) is 0 Å². The molecule has 2 aromatic carbocycles. The van der Waals surface area contributed by atoms with Crippen LogP contribution in [0.2, 0.25) is 0 Å². The van der Waals surface area contributed by atoms with Gasteiger partial charge in [0.2, 0.25) is 0 Å². The number of nitrogens with zero attached hydrogens (tertiary/aromatic N) is 4. The molecule has 0 saturated carbocycles. The summed E-state index contributed by atoms with van der Waals surface area (Å²) in [6, 6.07) is 17.9. The van der Waals surface area contributed by atoms with Gasteiger partial charge in [-0.15, -0.1) is 0 Å². The summed E-state index contributed by atoms with van der Waals surface area (Å²) in [5.74, 6) is 0. The topological polar surface area (TPSA) is 24.3 Å². The highest BCUT2D eigenvalue weighted by molar-refractivity contribution is 5.79. The molecule has 0 spiro atoms. The van der Waals surface area contributed by atoms with E-state index in [1.807, 2.05) is 37.3 Å². The van der Waals surface area contributed by atoms with E-state index in [9.17, 15) is 13.2 Å². The first-order chi connectivity index (χ1) is 17.6. The zero-order chi connectivity index (χ0) is 26.7. The molecule has 0 N–H and O–H groups in total. The Morgan fingerprint density at radius 2 is 1.57 bits per heavy atom. The summed E-state index contributed by atoms with van der Waals surface area (Å²) in [5.41, 5.74) is 4.01. The van der Waals surface area contributed by atoms with Gasteiger partial charge >= 0.3 is 6.18 Å². The average Bonchev–Trinajstić information content (AvgIpc) is 3.27. The number of hydrogen-bond donors (Lipinski definition) is 0. The van der Waals surface area contributed by atoms with Gasteiger partial charge in [-0.2, -0.15) is 18.3 Å². The fraction of sp³-hybridized carbons (Fsp3) is 0.300. The van der Waals surface area contributed by atoms with E-state index in [1.54, 1.807) is 19.1 Å². The van der Waals surface area contributed by atoms with Gasteiger partial charge in [0.1, 0.15) is 5.70 Å². The number of hydrogen-bond acceptors (Lipinski definition) is 3. The molecular weight excluding hydrogens is 473 g/mol. The van der Waals surface area contributed by atoms with Crippen LogP contribution in [0.15, 0.2) is 80.0 Å². The lowest BCUT2D eigenvalue weighted by Crippen LogP contribution is -2.46. The third-order valence-corrected chi connectivity index (χ3v) is 7.10. The van der Waals surface area contributed by atoms with Crippen molar-refractivity contribution in [2.75, 3.05) is 26.2 Å². The van der Waals surface area contributed by atoms with Crippen LogP contribution in [0.25, 0.3) is 17.0 Å². The highest BCUT2D eigenvalue weighted by atomic mass is 19.4. The summed E-state index contributed by atoms with van der Waals surface area (Å²) in [6.07, 6.45) is -2.08. The van der Waals surface area contributed by atoms with Crippen molar-refractivity contribution in [2.24, 2.45) is 0 Å². The second kappa shape index (κ2) is 10.8. The predicted molar refractivity (Wildman–Crippen MR) is 145 cm³/mol. The second-order valence-electron chi connectivity index (χ2n) is 9.53. The lowest BCUT2D eigenvalue weighted by molar-refractivity contribution is -0.0744. The zero-order valence-electron chi connectivity index (χ0n) is 21.6. The van der Waals surface area contributed by atoms with Gasteiger partial charge in [0.15, 0.2) is 0 Å². The van der Waals surface area contributed by atoms with E-state index in [-0.39, 0.29) is 5.57 Å². The second-order valence-corrected chi connectivity index (χ2v) is 9.53. The molecule has 4 rings (SSSR count). The molecule has 1 saturated heterocycles. The van der Waals surface area contributed by atoms with Crippen LogP contribution in [0.5, 0.6) is 0 Å². The van der Waals surface area contributed by atoms with Crippen LogP contribution in [0.1, 0.15) is 40.9 Å². The first-order valence-corrected chi connectivity index (χ1v) is 12.4. The van der Waals surface area contributed by atoms with Crippen molar-refractivity contribution in [3.8, 4) is 0 Å². The molecule has 1 aromatic heterocycles. The normalized spacial score (nSPS) is 16.1. The van der Waals surface area contributed by atoms with Crippen molar-refractivity contribution < 1.29 is 13.2 Å². The molecule has 4 nitrogen and oxygen atoms in total. The predicted octanol–water partition coefficient (Wildman–Crippen LogP) is 6.97. The van der Waals surface area contributed by atoms with Gasteiger partial charge in [0.25, 0.3) is 0 Å². The number of alkyl halides is 3. The summed E-state index contributed by atoms with van der Waals surface area (Å²) in [7, 11) is 0. The minimum absolute atomic E-state index is 0.270. The SMILES string of the molecule is C=C(/C=C(\n1ncc(C(=C)N2CCN([C@@H](C)c3ccccc3)CC2)c1C)C(F)(F)F)c1ccc(C)cc1. The highest BCUT2D eigenvalue weighted by Crippen LogP contribution is 2.34. The lowest BCUT2D eigenvalue weighted by atomic mass is 10.0. The standard InChI is InChI=1S/C30H33F3N4/c1-21-11-13-26(14-12-21)22(2)19-29(30(31,32)33)37-25(5)28(20-34-37)24(4)36-17-15-35(16-18-36)23(3)27-9-7-6-8-10-27/h6-14,19-20,23H,2,4,15-18H2,1,3,5H3/b29-19-/t23-/m0/s1. The number of piperazine rings is 1. The van der Waals surface area contributed by atoms with Crippen molar-refractivity contribution >= 4 is 17.0 Å². The van der Waals surface area contributed by atoms with Crippen LogP contribution in [0, 0.1) is 13.8 Å². The number of halogens is 3. The van der Waals surface area contributed by atoms with Gasteiger partial charge in [0.05, 0.1) is 11.9 Å². The Balaban J connectivity index is 1.51. The van der Waals surface area contributed by atoms with Gasteiger partial charge in [-0.3, -0.25) is 4.90 Å². The van der Waals surface area contributed by atoms with E-state index in [2.05, 4.69) is 47.1 Å². The Hall–Kier alpha value is -3.58. The smallest absolute Gasteiger partial charge is 0.369 e. The maximum Gasteiger partial charge on any atom is 0.433 e. The van der Waals surface area contributed by atoms with E-state index in [0.717, 1.165) is 42.5 Å². The molecule has 0 aliphatic carbocycles. The molecule has 37 heavy (non-hydrogen) atoms. The van der Waals surface area contributed by atoms with Crippen molar-refractivity contribution in [2.45, 2.75) is 33.0 Å². The van der Waals surface area contributed by atoms with Crippen LogP contribution >= 0.6 is 0 Å². The third kappa shape index (κ3) is 5.88. The number of rotatable bonds is 7. The fourth-order valence-electron chi connectivity index (χ4n) is 4.71. The van der Waals surface area contributed by atoms with Gasteiger partial charge in [-0.1, -0.05) is 73.3 Å². The summed E-state index contributed by atoms with van der Waals surface area (Å²) >= 11 is 0. The maximum atomic E-state index is 14.1. The lowest BCUT2D eigenvalue weighted by Gasteiger charge is -2.40. The van der Waals surface area contributed by atoms with Crippen molar-refractivity contribution in [3.63, 3.8) is 0 Å². The highest BCUT2D eigenvalue weighted by Gasteiger charge is 2.37. The monoisotopic (exact) mass is 506 g/mol. The van der Waals surface area contributed by atoms with E-state index in [1.165, 1.54) is 11.8 Å². The Kier molecular flexibility index (Phi) is 7.73. The molecule has 0 radical (unpaired) electrons. The zero-order valence-corrected chi connectivity index (χ0v) is 21.6. The Bertz CT molecular complexity index is 1280. The summed E-state index contributed by atoms with van der Waals surface area (Å²) in [4.78, 5) is 4.54. The number of aromatic nitrogens is 2. The van der Waals surface area contributed by atoms with Crippen LogP contribution in [-0.2, 0) is 0 Å². The third-order valence-electron chi connectivity index (χ3n) is 7.10. The van der Waals surface area contributed by atoms with Crippen LogP contribution in [-0.4, -0.2) is 51.9 Å². The van der Waals surface area contributed by atoms with Gasteiger partial charge in [0, 0.05) is 43.5 Å². The molecule has 1 fully saturated rings. The molecule has 1 aliphatic rings. The molecule has 0 bridgehead atoms. The van der Waals surface area contributed by atoms with E-state index >= 15 is 0 Å². The molecular formula is C30H33F3N4. The van der Waals surface area contributed by atoms with Crippen LogP contribution < -0.4 is 0 Å². The number of benzene rings is 2. The van der Waals surface area contributed by atoms with E-state index < -0.39 is 11.9 Å². The Morgan fingerprint density at radius 3 is 2.16 bits per heavy atom. The summed E-state index contributed by atoms with van der Waals surface area (Å²) in [6.45, 7) is 17.0. The van der Waals surface area contributed by atoms with Crippen molar-refractivity contribution in [1.82, 2.24) is 19.6 Å². The minimum Gasteiger partial charge on any atom is -0.369 e. The van der Waals surface area contributed by atoms with Crippen molar-refractivity contribution in [3.05, 3.63) is 108 Å². The number of allylic oxidation sites excluding steroid dienone is 3. The van der Waals surface area contributed by atoms with Gasteiger partial charge in [-0.25, -0.2) is 4.68 Å². The van der Waals surface area contributed by atoms with Gasteiger partial charge in [-0.05, 0) is 43.5 Å². The number of aryl methyl sites for hydroxylation is 1. The Labute approximate surface area is 217 Å². The van der Waals surface area contributed by atoms with Crippen LogP contribution in [0.3, 0.4) is 0 Å².